The first-order valence-electron chi connectivity index (χ1n) is 5.04. The van der Waals surface area contributed by atoms with Crippen molar-refractivity contribution in [2.75, 3.05) is 5.73 Å². The van der Waals surface area contributed by atoms with Gasteiger partial charge in [-0.15, -0.1) is 0 Å². The van der Waals surface area contributed by atoms with Crippen LogP contribution in [0, 0.1) is 0 Å². The average molecular weight is 194 g/mol. The second-order valence-corrected chi connectivity index (χ2v) is 3.49. The fourth-order valence-corrected chi connectivity index (χ4v) is 1.29. The van der Waals surface area contributed by atoms with E-state index in [2.05, 4.69) is 18.8 Å². The van der Waals surface area contributed by atoms with Gasteiger partial charge in [0.2, 0.25) is 0 Å². The van der Waals surface area contributed by atoms with E-state index < -0.39 is 0 Å². The van der Waals surface area contributed by atoms with Gasteiger partial charge in [0.15, 0.2) is 0 Å². The molecule has 0 saturated heterocycles. The van der Waals surface area contributed by atoms with Crippen molar-refractivity contribution in [3.05, 3.63) is 24.0 Å². The molecule has 2 N–H and O–H groups in total. The van der Waals surface area contributed by atoms with E-state index in [0.717, 1.165) is 24.2 Å². The molecule has 1 aromatic rings. The van der Waals surface area contributed by atoms with E-state index in [1.807, 2.05) is 6.07 Å². The Labute approximate surface area is 85.3 Å². The highest BCUT2D eigenvalue weighted by Crippen LogP contribution is 2.07. The van der Waals surface area contributed by atoms with Gasteiger partial charge in [-0.3, -0.25) is 4.98 Å². The molecule has 14 heavy (non-hydrogen) atoms. The van der Waals surface area contributed by atoms with Crippen LogP contribution in [0.3, 0.4) is 0 Å². The van der Waals surface area contributed by atoms with Crippen molar-refractivity contribution in [1.29, 1.82) is 0 Å². The minimum absolute atomic E-state index is 0.295. The first-order chi connectivity index (χ1) is 6.72. The molecule has 0 aliphatic heterocycles. The number of rotatable bonds is 5. The van der Waals surface area contributed by atoms with Gasteiger partial charge in [-0.25, -0.2) is 0 Å². The molecule has 1 unspecified atom stereocenters. The summed E-state index contributed by atoms with van der Waals surface area (Å²) in [5, 5.41) is 0. The van der Waals surface area contributed by atoms with Crippen LogP contribution in [0.15, 0.2) is 18.3 Å². The zero-order chi connectivity index (χ0) is 10.4. The molecule has 0 amide bonds. The van der Waals surface area contributed by atoms with E-state index in [1.165, 1.54) is 0 Å². The molecule has 0 aliphatic carbocycles. The standard InChI is InChI=1S/C11H18N2O/c1-3-4-9(2)14-8-11-7-10(12)5-6-13-11/h5-7,9H,3-4,8H2,1-2H3,(H2,12,13). The largest absolute Gasteiger partial charge is 0.399 e. The Kier molecular flexibility index (Phi) is 4.40. The van der Waals surface area contributed by atoms with Crippen LogP contribution in [0.4, 0.5) is 5.69 Å². The summed E-state index contributed by atoms with van der Waals surface area (Å²) in [7, 11) is 0. The van der Waals surface area contributed by atoms with Gasteiger partial charge in [-0.1, -0.05) is 13.3 Å². The number of anilines is 1. The third-order valence-electron chi connectivity index (χ3n) is 2.05. The molecule has 0 radical (unpaired) electrons. The number of nitrogens with two attached hydrogens (primary N) is 1. The minimum Gasteiger partial charge on any atom is -0.399 e. The van der Waals surface area contributed by atoms with Gasteiger partial charge in [-0.05, 0) is 25.5 Å². The zero-order valence-corrected chi connectivity index (χ0v) is 8.86. The molecule has 1 atom stereocenters. The summed E-state index contributed by atoms with van der Waals surface area (Å²) >= 11 is 0. The highest BCUT2D eigenvalue weighted by Gasteiger charge is 2.01. The van der Waals surface area contributed by atoms with Crippen LogP contribution >= 0.6 is 0 Å². The molecule has 0 aromatic carbocycles. The maximum Gasteiger partial charge on any atom is 0.0892 e. The van der Waals surface area contributed by atoms with Gasteiger partial charge >= 0.3 is 0 Å². The average Bonchev–Trinajstić information content (AvgIpc) is 2.15. The normalized spacial score (nSPS) is 12.7. The second-order valence-electron chi connectivity index (χ2n) is 3.49. The highest BCUT2D eigenvalue weighted by molar-refractivity contribution is 5.36. The lowest BCUT2D eigenvalue weighted by Crippen LogP contribution is -2.08. The number of nitrogen functional groups attached to an aromatic ring is 1. The first kappa shape index (κ1) is 11.0. The number of hydrogen-bond acceptors (Lipinski definition) is 3. The zero-order valence-electron chi connectivity index (χ0n) is 8.86. The number of hydrogen-bond donors (Lipinski definition) is 1. The Morgan fingerprint density at radius 3 is 3.00 bits per heavy atom. The fourth-order valence-electron chi connectivity index (χ4n) is 1.29. The summed E-state index contributed by atoms with van der Waals surface area (Å²) < 4.78 is 5.61. The van der Waals surface area contributed by atoms with Gasteiger partial charge in [0.05, 0.1) is 18.4 Å². The monoisotopic (exact) mass is 194 g/mol. The molecule has 1 heterocycles. The van der Waals surface area contributed by atoms with Crippen molar-refractivity contribution in [1.82, 2.24) is 4.98 Å². The van der Waals surface area contributed by atoms with Crippen LogP contribution < -0.4 is 5.73 Å². The van der Waals surface area contributed by atoms with Crippen LogP contribution in [0.2, 0.25) is 0 Å². The summed E-state index contributed by atoms with van der Waals surface area (Å²) in [6.45, 7) is 4.78. The first-order valence-corrected chi connectivity index (χ1v) is 5.04. The van der Waals surface area contributed by atoms with E-state index >= 15 is 0 Å². The van der Waals surface area contributed by atoms with E-state index in [-0.39, 0.29) is 0 Å². The van der Waals surface area contributed by atoms with Crippen LogP contribution in [0.25, 0.3) is 0 Å². The molecule has 0 bridgehead atoms. The van der Waals surface area contributed by atoms with Gasteiger partial charge in [-0.2, -0.15) is 0 Å². The summed E-state index contributed by atoms with van der Waals surface area (Å²) in [5.41, 5.74) is 7.26. The molecule has 0 spiro atoms. The summed E-state index contributed by atoms with van der Waals surface area (Å²) in [5.74, 6) is 0. The lowest BCUT2D eigenvalue weighted by Gasteiger charge is -2.11. The van der Waals surface area contributed by atoms with Crippen LogP contribution in [-0.4, -0.2) is 11.1 Å². The summed E-state index contributed by atoms with van der Waals surface area (Å²) in [6, 6.07) is 3.62. The molecule has 3 heteroatoms. The van der Waals surface area contributed by atoms with Crippen molar-refractivity contribution in [2.24, 2.45) is 0 Å². The molecule has 3 nitrogen and oxygen atoms in total. The molecule has 1 rings (SSSR count). The second kappa shape index (κ2) is 5.60. The molecular formula is C11H18N2O. The lowest BCUT2D eigenvalue weighted by atomic mass is 10.2. The topological polar surface area (TPSA) is 48.1 Å². The number of pyridine rings is 1. The predicted octanol–water partition coefficient (Wildman–Crippen LogP) is 2.37. The quantitative estimate of drug-likeness (QED) is 0.782. The number of aromatic nitrogens is 1. The van der Waals surface area contributed by atoms with E-state index in [0.29, 0.717) is 12.7 Å². The van der Waals surface area contributed by atoms with Crippen molar-refractivity contribution >= 4 is 5.69 Å². The van der Waals surface area contributed by atoms with Crippen molar-refractivity contribution in [3.63, 3.8) is 0 Å². The lowest BCUT2D eigenvalue weighted by molar-refractivity contribution is 0.0453. The third-order valence-corrected chi connectivity index (χ3v) is 2.05. The van der Waals surface area contributed by atoms with E-state index in [1.54, 1.807) is 12.3 Å². The number of nitrogens with zero attached hydrogens (tertiary/aromatic N) is 1. The smallest absolute Gasteiger partial charge is 0.0892 e. The Morgan fingerprint density at radius 2 is 2.36 bits per heavy atom. The number of ether oxygens (including phenoxy) is 1. The fraction of sp³-hybridized carbons (Fsp3) is 0.545. The van der Waals surface area contributed by atoms with Crippen LogP contribution in [0.5, 0.6) is 0 Å². The maximum absolute atomic E-state index is 5.63. The van der Waals surface area contributed by atoms with Crippen LogP contribution in [-0.2, 0) is 11.3 Å². The highest BCUT2D eigenvalue weighted by atomic mass is 16.5. The Morgan fingerprint density at radius 1 is 1.57 bits per heavy atom. The Hall–Kier alpha value is -1.09. The SMILES string of the molecule is CCCC(C)OCc1cc(N)ccn1. The van der Waals surface area contributed by atoms with Gasteiger partial charge in [0, 0.05) is 11.9 Å². The Bertz CT molecular complexity index is 276. The maximum atomic E-state index is 5.63. The minimum atomic E-state index is 0.295. The molecule has 0 saturated carbocycles. The Balaban J connectivity index is 2.37. The molecule has 1 aromatic heterocycles. The van der Waals surface area contributed by atoms with Crippen LogP contribution in [0.1, 0.15) is 32.4 Å². The van der Waals surface area contributed by atoms with Crippen molar-refractivity contribution in [2.45, 2.75) is 39.4 Å². The van der Waals surface area contributed by atoms with E-state index in [4.69, 9.17) is 10.5 Å². The predicted molar refractivity (Wildman–Crippen MR) is 57.8 cm³/mol. The van der Waals surface area contributed by atoms with Gasteiger partial charge < -0.3 is 10.5 Å². The molecule has 0 aliphatic rings. The van der Waals surface area contributed by atoms with Crippen molar-refractivity contribution in [3.8, 4) is 0 Å². The summed E-state index contributed by atoms with van der Waals surface area (Å²) in [6.07, 6.45) is 4.23. The third kappa shape index (κ3) is 3.75. The summed E-state index contributed by atoms with van der Waals surface area (Å²) in [4.78, 5) is 4.17. The molecule has 0 fully saturated rings. The van der Waals surface area contributed by atoms with Crippen molar-refractivity contribution < 1.29 is 4.74 Å². The molecule has 78 valence electrons. The van der Waals surface area contributed by atoms with Gasteiger partial charge in [0.25, 0.3) is 0 Å². The molecular weight excluding hydrogens is 176 g/mol. The van der Waals surface area contributed by atoms with Gasteiger partial charge in [0.1, 0.15) is 0 Å². The van der Waals surface area contributed by atoms with E-state index in [9.17, 15) is 0 Å².